The molecule has 0 radical (unpaired) electrons. The van der Waals surface area contributed by atoms with Gasteiger partial charge in [0.05, 0.1) is 6.54 Å². The summed E-state index contributed by atoms with van der Waals surface area (Å²) in [5.41, 5.74) is 0.149. The molecule has 5 heteroatoms. The smallest absolute Gasteiger partial charge is 0.356 e. The summed E-state index contributed by atoms with van der Waals surface area (Å²) in [4.78, 5) is 17.3. The highest BCUT2D eigenvalue weighted by molar-refractivity contribution is 5.85. The van der Waals surface area contributed by atoms with E-state index in [0.29, 0.717) is 0 Å². The van der Waals surface area contributed by atoms with Crippen LogP contribution in [0, 0.1) is 0 Å². The quantitative estimate of drug-likeness (QED) is 0.833. The topological polar surface area (TPSA) is 58.4 Å². The summed E-state index contributed by atoms with van der Waals surface area (Å²) in [5, 5.41) is 8.89. The highest BCUT2D eigenvalue weighted by atomic mass is 16.4. The Morgan fingerprint density at radius 3 is 2.75 bits per heavy atom. The lowest BCUT2D eigenvalue weighted by molar-refractivity contribution is 0.0690. The Balaban J connectivity index is 2.14. The average molecular weight is 223 g/mol. The fourth-order valence-electron chi connectivity index (χ4n) is 2.10. The number of likely N-dealkylation sites (tertiary alicyclic amines) is 1. The second kappa shape index (κ2) is 4.65. The second-order valence-electron chi connectivity index (χ2n) is 4.12. The molecule has 2 heterocycles. The summed E-state index contributed by atoms with van der Waals surface area (Å²) in [6.45, 7) is 5.73. The Morgan fingerprint density at radius 1 is 1.50 bits per heavy atom. The maximum absolute atomic E-state index is 10.8. The van der Waals surface area contributed by atoms with Gasteiger partial charge in [-0.25, -0.2) is 9.78 Å². The van der Waals surface area contributed by atoms with Crippen LogP contribution in [0.4, 0.5) is 0 Å². The molecular formula is C11H17N3O2. The molecule has 1 aromatic rings. The first kappa shape index (κ1) is 11.1. The second-order valence-corrected chi connectivity index (χ2v) is 4.12. The number of imidazole rings is 1. The van der Waals surface area contributed by atoms with E-state index in [0.717, 1.165) is 32.0 Å². The summed E-state index contributed by atoms with van der Waals surface area (Å²) in [6, 6.07) is 0. The summed E-state index contributed by atoms with van der Waals surface area (Å²) in [7, 11) is 0. The number of carbonyl (C=O) groups is 1. The molecule has 1 aromatic heterocycles. The number of rotatable bonds is 4. The summed E-state index contributed by atoms with van der Waals surface area (Å²) in [5.74, 6) is -0.0864. The molecular weight excluding hydrogens is 206 g/mol. The maximum Gasteiger partial charge on any atom is 0.356 e. The van der Waals surface area contributed by atoms with E-state index in [9.17, 15) is 4.79 Å². The number of aromatic nitrogens is 2. The van der Waals surface area contributed by atoms with Crippen LogP contribution in [0.15, 0.2) is 6.20 Å². The molecule has 0 bridgehead atoms. The van der Waals surface area contributed by atoms with E-state index in [2.05, 4.69) is 9.88 Å². The highest BCUT2D eigenvalue weighted by Crippen LogP contribution is 2.13. The Bertz CT molecular complexity index is 381. The van der Waals surface area contributed by atoms with Gasteiger partial charge in [-0.2, -0.15) is 0 Å². The van der Waals surface area contributed by atoms with Crippen molar-refractivity contribution in [2.24, 2.45) is 0 Å². The van der Waals surface area contributed by atoms with Crippen LogP contribution in [-0.4, -0.2) is 38.6 Å². The standard InChI is InChI=1S/C11H17N3O2/c1-2-14-7-9(11(15)16)12-10(14)8-13-5-3-4-6-13/h7H,2-6,8H2,1H3,(H,15,16). The van der Waals surface area contributed by atoms with Crippen LogP contribution >= 0.6 is 0 Å². The summed E-state index contributed by atoms with van der Waals surface area (Å²) in [6.07, 6.45) is 4.09. The molecule has 0 atom stereocenters. The first-order chi connectivity index (χ1) is 7.70. The van der Waals surface area contributed by atoms with Gasteiger partial charge in [-0.1, -0.05) is 0 Å². The molecule has 1 fully saturated rings. The predicted molar refractivity (Wildman–Crippen MR) is 59.4 cm³/mol. The van der Waals surface area contributed by atoms with Gasteiger partial charge in [0, 0.05) is 12.7 Å². The van der Waals surface area contributed by atoms with Crippen molar-refractivity contribution in [3.63, 3.8) is 0 Å². The van der Waals surface area contributed by atoms with Gasteiger partial charge in [0.15, 0.2) is 5.69 Å². The minimum atomic E-state index is -0.949. The van der Waals surface area contributed by atoms with Crippen molar-refractivity contribution in [1.82, 2.24) is 14.5 Å². The van der Waals surface area contributed by atoms with Crippen LogP contribution in [0.25, 0.3) is 0 Å². The van der Waals surface area contributed by atoms with Crippen molar-refractivity contribution < 1.29 is 9.90 Å². The number of aryl methyl sites for hydroxylation is 1. The van der Waals surface area contributed by atoms with Crippen molar-refractivity contribution in [1.29, 1.82) is 0 Å². The average Bonchev–Trinajstić information content (AvgIpc) is 2.87. The monoisotopic (exact) mass is 223 g/mol. The van der Waals surface area contributed by atoms with Gasteiger partial charge in [-0.3, -0.25) is 4.90 Å². The molecule has 2 rings (SSSR count). The van der Waals surface area contributed by atoms with Gasteiger partial charge in [0.2, 0.25) is 0 Å². The lowest BCUT2D eigenvalue weighted by Gasteiger charge is -2.14. The predicted octanol–water partition coefficient (Wildman–Crippen LogP) is 1.20. The normalized spacial score (nSPS) is 16.8. The molecule has 0 spiro atoms. The third-order valence-corrected chi connectivity index (χ3v) is 2.98. The van der Waals surface area contributed by atoms with Gasteiger partial charge >= 0.3 is 5.97 Å². The zero-order chi connectivity index (χ0) is 11.5. The van der Waals surface area contributed by atoms with Crippen molar-refractivity contribution in [2.75, 3.05) is 13.1 Å². The number of hydrogen-bond acceptors (Lipinski definition) is 3. The van der Waals surface area contributed by atoms with Gasteiger partial charge in [-0.15, -0.1) is 0 Å². The van der Waals surface area contributed by atoms with E-state index in [1.807, 2.05) is 11.5 Å². The minimum absolute atomic E-state index is 0.149. The van der Waals surface area contributed by atoms with Crippen molar-refractivity contribution in [3.8, 4) is 0 Å². The number of carboxylic acids is 1. The van der Waals surface area contributed by atoms with Crippen LogP contribution in [0.2, 0.25) is 0 Å². The number of hydrogen-bond donors (Lipinski definition) is 1. The molecule has 5 nitrogen and oxygen atoms in total. The third-order valence-electron chi connectivity index (χ3n) is 2.98. The van der Waals surface area contributed by atoms with Crippen LogP contribution in [-0.2, 0) is 13.1 Å². The first-order valence-electron chi connectivity index (χ1n) is 5.72. The van der Waals surface area contributed by atoms with E-state index in [1.165, 1.54) is 12.8 Å². The van der Waals surface area contributed by atoms with Gasteiger partial charge < -0.3 is 9.67 Å². The van der Waals surface area contributed by atoms with Gasteiger partial charge in [0.1, 0.15) is 5.82 Å². The van der Waals surface area contributed by atoms with Crippen LogP contribution in [0.1, 0.15) is 36.1 Å². The number of carboxylic acid groups (broad SMARTS) is 1. The molecule has 1 N–H and O–H groups in total. The van der Waals surface area contributed by atoms with Crippen LogP contribution < -0.4 is 0 Å². The summed E-state index contributed by atoms with van der Waals surface area (Å²) >= 11 is 0. The zero-order valence-electron chi connectivity index (χ0n) is 9.52. The molecule has 0 amide bonds. The molecule has 88 valence electrons. The fraction of sp³-hybridized carbons (Fsp3) is 0.636. The van der Waals surface area contributed by atoms with Crippen LogP contribution in [0.5, 0.6) is 0 Å². The Labute approximate surface area is 94.7 Å². The SMILES string of the molecule is CCn1cc(C(=O)O)nc1CN1CCCC1. The molecule has 16 heavy (non-hydrogen) atoms. The van der Waals surface area contributed by atoms with Crippen LogP contribution in [0.3, 0.4) is 0 Å². The molecule has 0 unspecified atom stereocenters. The van der Waals surface area contributed by atoms with Gasteiger partial charge in [0.25, 0.3) is 0 Å². The minimum Gasteiger partial charge on any atom is -0.476 e. The molecule has 1 aliphatic rings. The molecule has 1 saturated heterocycles. The first-order valence-corrected chi connectivity index (χ1v) is 5.72. The third kappa shape index (κ3) is 2.24. The van der Waals surface area contributed by atoms with E-state index < -0.39 is 5.97 Å². The van der Waals surface area contributed by atoms with E-state index in [4.69, 9.17) is 5.11 Å². The maximum atomic E-state index is 10.8. The zero-order valence-corrected chi connectivity index (χ0v) is 9.52. The molecule has 0 saturated carbocycles. The fourth-order valence-corrected chi connectivity index (χ4v) is 2.10. The van der Waals surface area contributed by atoms with Crippen molar-refractivity contribution in [3.05, 3.63) is 17.7 Å². The molecule has 1 aliphatic heterocycles. The molecule has 0 aromatic carbocycles. The lowest BCUT2D eigenvalue weighted by atomic mass is 10.4. The molecule has 0 aliphatic carbocycles. The summed E-state index contributed by atoms with van der Waals surface area (Å²) < 4.78 is 1.92. The van der Waals surface area contributed by atoms with Crippen molar-refractivity contribution >= 4 is 5.97 Å². The highest BCUT2D eigenvalue weighted by Gasteiger charge is 2.17. The number of nitrogens with zero attached hydrogens (tertiary/aromatic N) is 3. The Hall–Kier alpha value is -1.36. The van der Waals surface area contributed by atoms with Crippen molar-refractivity contribution in [2.45, 2.75) is 32.9 Å². The largest absolute Gasteiger partial charge is 0.476 e. The van der Waals surface area contributed by atoms with E-state index in [-0.39, 0.29) is 5.69 Å². The number of aromatic carboxylic acids is 1. The van der Waals surface area contributed by atoms with Gasteiger partial charge in [-0.05, 0) is 32.9 Å². The van der Waals surface area contributed by atoms with E-state index in [1.54, 1.807) is 6.20 Å². The lowest BCUT2D eigenvalue weighted by Crippen LogP contribution is -2.21. The Morgan fingerprint density at radius 2 is 2.19 bits per heavy atom. The Kier molecular flexibility index (Phi) is 3.24. The van der Waals surface area contributed by atoms with E-state index >= 15 is 0 Å².